The third kappa shape index (κ3) is 3.38. The van der Waals surface area contributed by atoms with Gasteiger partial charge in [-0.1, -0.05) is 23.2 Å². The van der Waals surface area contributed by atoms with E-state index in [-0.39, 0.29) is 27.1 Å². The molecule has 8 heteroatoms. The largest absolute Gasteiger partial charge is 0.416 e. The highest BCUT2D eigenvalue weighted by Crippen LogP contribution is 2.35. The molecule has 2 rings (SSSR count). The maximum Gasteiger partial charge on any atom is 0.416 e. The number of aromatic nitrogens is 1. The molecule has 0 fully saturated rings. The zero-order valence-electron chi connectivity index (χ0n) is 10.2. The summed E-state index contributed by atoms with van der Waals surface area (Å²) >= 11 is 11.8. The van der Waals surface area contributed by atoms with E-state index in [4.69, 9.17) is 28.5 Å². The molecular formula is C13H6Cl2F3N3. The van der Waals surface area contributed by atoms with Gasteiger partial charge in [-0.25, -0.2) is 4.98 Å². The molecule has 0 bridgehead atoms. The molecule has 3 nitrogen and oxygen atoms in total. The summed E-state index contributed by atoms with van der Waals surface area (Å²) in [4.78, 5) is 3.92. The van der Waals surface area contributed by atoms with E-state index in [1.807, 2.05) is 6.07 Å². The van der Waals surface area contributed by atoms with Crippen LogP contribution in [0.3, 0.4) is 0 Å². The second-order valence-corrected chi connectivity index (χ2v) is 4.74. The second-order valence-electron chi connectivity index (χ2n) is 3.95. The van der Waals surface area contributed by atoms with Crippen LogP contribution in [0.4, 0.5) is 24.7 Å². The van der Waals surface area contributed by atoms with Gasteiger partial charge in [-0.15, -0.1) is 0 Å². The van der Waals surface area contributed by atoms with Crippen molar-refractivity contribution in [1.29, 1.82) is 5.26 Å². The second kappa shape index (κ2) is 5.80. The van der Waals surface area contributed by atoms with E-state index in [0.29, 0.717) is 0 Å². The average Bonchev–Trinajstić information content (AvgIpc) is 2.42. The van der Waals surface area contributed by atoms with Crippen LogP contribution in [0, 0.1) is 11.3 Å². The lowest BCUT2D eigenvalue weighted by Crippen LogP contribution is -2.05. The summed E-state index contributed by atoms with van der Waals surface area (Å²) in [6.07, 6.45) is -3.12. The first kappa shape index (κ1) is 15.4. The molecule has 1 aromatic carbocycles. The minimum absolute atomic E-state index is 0.0657. The fraction of sp³-hybridized carbons (Fsp3) is 0.0769. The number of nitriles is 1. The molecule has 1 N–H and O–H groups in total. The van der Waals surface area contributed by atoms with E-state index in [0.717, 1.165) is 12.1 Å². The van der Waals surface area contributed by atoms with Gasteiger partial charge in [0.25, 0.3) is 0 Å². The first-order valence-electron chi connectivity index (χ1n) is 5.51. The van der Waals surface area contributed by atoms with Crippen molar-refractivity contribution in [1.82, 2.24) is 4.98 Å². The number of anilines is 2. The lowest BCUT2D eigenvalue weighted by Gasteiger charge is -2.12. The normalized spacial score (nSPS) is 11.0. The Balaban J connectivity index is 2.36. The maximum absolute atomic E-state index is 12.5. The van der Waals surface area contributed by atoms with Crippen molar-refractivity contribution in [2.75, 3.05) is 5.32 Å². The van der Waals surface area contributed by atoms with E-state index < -0.39 is 11.7 Å². The minimum atomic E-state index is -4.47. The highest BCUT2D eigenvalue weighted by molar-refractivity contribution is 6.35. The summed E-state index contributed by atoms with van der Waals surface area (Å²) in [6, 6.07) is 6.14. The summed E-state index contributed by atoms with van der Waals surface area (Å²) < 4.78 is 37.6. The maximum atomic E-state index is 12.5. The Morgan fingerprint density at radius 3 is 2.48 bits per heavy atom. The lowest BCUT2D eigenvalue weighted by atomic mass is 10.2. The van der Waals surface area contributed by atoms with Gasteiger partial charge in [0, 0.05) is 6.20 Å². The van der Waals surface area contributed by atoms with Crippen LogP contribution in [-0.4, -0.2) is 4.98 Å². The highest BCUT2D eigenvalue weighted by Gasteiger charge is 2.30. The Hall–Kier alpha value is -1.97. The van der Waals surface area contributed by atoms with Gasteiger partial charge >= 0.3 is 6.18 Å². The zero-order valence-corrected chi connectivity index (χ0v) is 11.7. The first-order valence-corrected chi connectivity index (χ1v) is 6.27. The third-order valence-corrected chi connectivity index (χ3v) is 3.25. The van der Waals surface area contributed by atoms with Crippen molar-refractivity contribution in [2.24, 2.45) is 0 Å². The molecule has 0 unspecified atom stereocenters. The van der Waals surface area contributed by atoms with E-state index in [9.17, 15) is 13.2 Å². The van der Waals surface area contributed by atoms with E-state index in [1.54, 1.807) is 0 Å². The summed E-state index contributed by atoms with van der Waals surface area (Å²) in [7, 11) is 0. The molecule has 0 saturated carbocycles. The highest BCUT2D eigenvalue weighted by atomic mass is 35.5. The number of hydrogen-bond donors (Lipinski definition) is 1. The predicted molar refractivity (Wildman–Crippen MR) is 73.7 cm³/mol. The van der Waals surface area contributed by atoms with Gasteiger partial charge in [0.2, 0.25) is 0 Å². The van der Waals surface area contributed by atoms with Crippen LogP contribution in [0.5, 0.6) is 0 Å². The van der Waals surface area contributed by atoms with Crippen LogP contribution >= 0.6 is 23.2 Å². The number of rotatable bonds is 2. The topological polar surface area (TPSA) is 48.7 Å². The van der Waals surface area contributed by atoms with E-state index in [1.165, 1.54) is 18.3 Å². The molecule has 0 aliphatic carbocycles. The quantitative estimate of drug-likeness (QED) is 0.840. The van der Waals surface area contributed by atoms with Crippen molar-refractivity contribution in [3.05, 3.63) is 51.6 Å². The van der Waals surface area contributed by atoms with Crippen LogP contribution in [-0.2, 0) is 6.18 Å². The number of halogens is 5. The zero-order chi connectivity index (χ0) is 15.6. The Bertz CT molecular complexity index is 724. The lowest BCUT2D eigenvalue weighted by molar-refractivity contribution is -0.137. The Kier molecular flexibility index (Phi) is 4.26. The van der Waals surface area contributed by atoms with Crippen molar-refractivity contribution in [2.45, 2.75) is 6.18 Å². The smallest absolute Gasteiger partial charge is 0.338 e. The molecule has 0 spiro atoms. The summed E-state index contributed by atoms with van der Waals surface area (Å²) in [5, 5.41) is 11.5. The fourth-order valence-corrected chi connectivity index (χ4v) is 1.97. The molecule has 0 saturated heterocycles. The monoisotopic (exact) mass is 331 g/mol. The average molecular weight is 332 g/mol. The van der Waals surface area contributed by atoms with Crippen LogP contribution in [0.2, 0.25) is 10.0 Å². The molecule has 0 aliphatic heterocycles. The molecule has 0 atom stereocenters. The van der Waals surface area contributed by atoms with Gasteiger partial charge in [-0.05, 0) is 24.3 Å². The van der Waals surface area contributed by atoms with Gasteiger partial charge in [-0.2, -0.15) is 18.4 Å². The SMILES string of the molecule is N#Cc1ccnc(Nc2ccc(C(F)(F)F)cc2Cl)c1Cl. The Morgan fingerprint density at radius 1 is 1.19 bits per heavy atom. The third-order valence-electron chi connectivity index (χ3n) is 2.56. The molecular weight excluding hydrogens is 326 g/mol. The van der Waals surface area contributed by atoms with Crippen LogP contribution in [0.1, 0.15) is 11.1 Å². The predicted octanol–water partition coefficient (Wildman–Crippen LogP) is 5.02. The molecule has 0 radical (unpaired) electrons. The van der Waals surface area contributed by atoms with Crippen molar-refractivity contribution in [3.8, 4) is 6.07 Å². The van der Waals surface area contributed by atoms with Crippen molar-refractivity contribution >= 4 is 34.7 Å². The van der Waals surface area contributed by atoms with Gasteiger partial charge < -0.3 is 5.32 Å². The minimum Gasteiger partial charge on any atom is -0.338 e. The number of benzene rings is 1. The van der Waals surface area contributed by atoms with Gasteiger partial charge in [0.1, 0.15) is 11.1 Å². The van der Waals surface area contributed by atoms with Crippen molar-refractivity contribution in [3.63, 3.8) is 0 Å². The summed E-state index contributed by atoms with van der Waals surface area (Å²) in [5.41, 5.74) is -0.464. The van der Waals surface area contributed by atoms with E-state index >= 15 is 0 Å². The molecule has 108 valence electrons. The molecule has 21 heavy (non-hydrogen) atoms. The number of hydrogen-bond acceptors (Lipinski definition) is 3. The Morgan fingerprint density at radius 2 is 1.90 bits per heavy atom. The molecule has 0 amide bonds. The number of nitrogens with one attached hydrogen (secondary N) is 1. The first-order chi connectivity index (χ1) is 9.82. The van der Waals surface area contributed by atoms with Crippen LogP contribution < -0.4 is 5.32 Å². The van der Waals surface area contributed by atoms with Crippen LogP contribution in [0.15, 0.2) is 30.5 Å². The van der Waals surface area contributed by atoms with Crippen LogP contribution in [0.25, 0.3) is 0 Å². The van der Waals surface area contributed by atoms with E-state index in [2.05, 4.69) is 10.3 Å². The van der Waals surface area contributed by atoms with Crippen molar-refractivity contribution < 1.29 is 13.2 Å². The molecule has 1 heterocycles. The van der Waals surface area contributed by atoms with Gasteiger partial charge in [0.05, 0.1) is 21.8 Å². The van der Waals surface area contributed by atoms with Gasteiger partial charge in [0.15, 0.2) is 5.82 Å². The van der Waals surface area contributed by atoms with Gasteiger partial charge in [-0.3, -0.25) is 0 Å². The molecule has 1 aromatic heterocycles. The molecule has 2 aromatic rings. The summed E-state index contributed by atoms with van der Waals surface area (Å²) in [6.45, 7) is 0. The number of alkyl halides is 3. The number of nitrogens with zero attached hydrogens (tertiary/aromatic N) is 2. The summed E-state index contributed by atoms with van der Waals surface area (Å²) in [5.74, 6) is 0.136. The molecule has 0 aliphatic rings. The Labute approximate surface area is 127 Å². The fourth-order valence-electron chi connectivity index (χ4n) is 1.54. The number of pyridine rings is 1. The standard InChI is InChI=1S/C13H6Cl2F3N3/c14-9-5-8(13(16,17)18)1-2-10(9)21-12-11(15)7(6-19)3-4-20-12/h1-5H,(H,20,21).